The minimum Gasteiger partial charge on any atom is -0.296 e. The van der Waals surface area contributed by atoms with Gasteiger partial charge in [-0.1, -0.05) is 44.9 Å². The Morgan fingerprint density at radius 2 is 2.26 bits per heavy atom. The van der Waals surface area contributed by atoms with E-state index < -0.39 is 11.7 Å². The third-order valence-corrected chi connectivity index (χ3v) is 3.80. The van der Waals surface area contributed by atoms with Gasteiger partial charge in [-0.25, -0.2) is 4.39 Å². The molecule has 0 aliphatic heterocycles. The van der Waals surface area contributed by atoms with Crippen LogP contribution in [-0.2, 0) is 6.42 Å². The highest BCUT2D eigenvalue weighted by Crippen LogP contribution is 2.22. The Morgan fingerprint density at radius 3 is 2.95 bits per heavy atom. The second-order valence-corrected chi connectivity index (χ2v) is 5.75. The molecule has 1 N–H and O–H groups in total. The zero-order valence-electron chi connectivity index (χ0n) is 9.49. The number of amides is 1. The van der Waals surface area contributed by atoms with Gasteiger partial charge in [0.2, 0.25) is 5.13 Å². The lowest BCUT2D eigenvalue weighted by Crippen LogP contribution is -2.14. The molecule has 2 rings (SSSR count). The highest BCUT2D eigenvalue weighted by Gasteiger charge is 2.17. The number of carbonyl (C=O) groups is 1. The maximum absolute atomic E-state index is 13.5. The molecule has 0 spiro atoms. The Bertz CT molecular complexity index is 587. The summed E-state index contributed by atoms with van der Waals surface area (Å²) in [6.07, 6.45) is 0.716. The van der Waals surface area contributed by atoms with Gasteiger partial charge in [-0.05, 0) is 12.1 Å². The van der Waals surface area contributed by atoms with Gasteiger partial charge in [0, 0.05) is 11.8 Å². The first-order valence-electron chi connectivity index (χ1n) is 5.25. The van der Waals surface area contributed by atoms with Gasteiger partial charge in [-0.3, -0.25) is 10.1 Å². The molecular formula is C11H8BrClFN3OS. The molecule has 0 aliphatic rings. The summed E-state index contributed by atoms with van der Waals surface area (Å²) in [6.45, 7) is 0. The maximum atomic E-state index is 13.5. The number of aryl methyl sites for hydroxylation is 1. The molecule has 0 unspecified atom stereocenters. The van der Waals surface area contributed by atoms with Crippen molar-refractivity contribution in [1.82, 2.24) is 10.2 Å². The molecule has 0 bridgehead atoms. The average Bonchev–Trinajstić information content (AvgIpc) is 2.77. The predicted molar refractivity (Wildman–Crippen MR) is 76.8 cm³/mol. The van der Waals surface area contributed by atoms with E-state index in [1.165, 1.54) is 29.5 Å². The molecular weight excluding hydrogens is 357 g/mol. The summed E-state index contributed by atoms with van der Waals surface area (Å²) >= 11 is 10.3. The normalized spacial score (nSPS) is 10.5. The van der Waals surface area contributed by atoms with Gasteiger partial charge in [0.1, 0.15) is 10.8 Å². The van der Waals surface area contributed by atoms with Gasteiger partial charge in [-0.2, -0.15) is 0 Å². The molecule has 1 amide bonds. The van der Waals surface area contributed by atoms with E-state index in [1.54, 1.807) is 0 Å². The van der Waals surface area contributed by atoms with Gasteiger partial charge in [0.15, 0.2) is 0 Å². The summed E-state index contributed by atoms with van der Waals surface area (Å²) < 4.78 is 13.5. The number of hydrogen-bond donors (Lipinski definition) is 1. The Balaban J connectivity index is 2.16. The van der Waals surface area contributed by atoms with Gasteiger partial charge in [0.05, 0.1) is 10.6 Å². The summed E-state index contributed by atoms with van der Waals surface area (Å²) in [5.74, 6) is -1.31. The molecule has 0 fully saturated rings. The molecule has 0 atom stereocenters. The minimum atomic E-state index is -0.671. The van der Waals surface area contributed by atoms with Crippen LogP contribution in [0.3, 0.4) is 0 Å². The first kappa shape index (κ1) is 14.4. The third-order valence-electron chi connectivity index (χ3n) is 2.19. The Labute approximate surface area is 126 Å². The summed E-state index contributed by atoms with van der Waals surface area (Å²) in [6, 6.07) is 4.07. The van der Waals surface area contributed by atoms with Crippen LogP contribution in [-0.4, -0.2) is 21.4 Å². The molecule has 19 heavy (non-hydrogen) atoms. The number of nitrogens with zero attached hydrogens (tertiary/aromatic N) is 2. The zero-order valence-corrected chi connectivity index (χ0v) is 12.6. The molecule has 1 heterocycles. The van der Waals surface area contributed by atoms with E-state index in [9.17, 15) is 9.18 Å². The van der Waals surface area contributed by atoms with Crippen molar-refractivity contribution in [2.45, 2.75) is 6.42 Å². The number of nitrogens with one attached hydrogen (secondary N) is 1. The maximum Gasteiger partial charge on any atom is 0.261 e. The quantitative estimate of drug-likeness (QED) is 0.845. The second kappa shape index (κ2) is 6.40. The number of carbonyl (C=O) groups excluding carboxylic acids is 1. The molecule has 1 aromatic heterocycles. The predicted octanol–water partition coefficient (Wildman–Crippen LogP) is 3.52. The summed E-state index contributed by atoms with van der Waals surface area (Å²) in [5, 5.41) is 12.1. The van der Waals surface area contributed by atoms with Crippen LogP contribution >= 0.6 is 38.9 Å². The molecule has 2 aromatic rings. The summed E-state index contributed by atoms with van der Waals surface area (Å²) in [4.78, 5) is 11.9. The fourth-order valence-electron chi connectivity index (χ4n) is 1.36. The fraction of sp³-hybridized carbons (Fsp3) is 0.182. The number of benzene rings is 1. The number of aromatic nitrogens is 2. The van der Waals surface area contributed by atoms with E-state index in [1.807, 2.05) is 0 Å². The number of rotatable bonds is 4. The van der Waals surface area contributed by atoms with E-state index >= 15 is 0 Å². The zero-order chi connectivity index (χ0) is 13.8. The van der Waals surface area contributed by atoms with Crippen LogP contribution in [0.25, 0.3) is 0 Å². The molecule has 100 valence electrons. The van der Waals surface area contributed by atoms with Crippen LogP contribution in [0.2, 0.25) is 5.02 Å². The third kappa shape index (κ3) is 3.49. The van der Waals surface area contributed by atoms with Gasteiger partial charge in [0.25, 0.3) is 5.91 Å². The lowest BCUT2D eigenvalue weighted by molar-refractivity contribution is 0.102. The first-order valence-corrected chi connectivity index (χ1v) is 7.57. The highest BCUT2D eigenvalue weighted by molar-refractivity contribution is 9.09. The highest BCUT2D eigenvalue weighted by atomic mass is 79.9. The number of hydrogen-bond acceptors (Lipinski definition) is 4. The van der Waals surface area contributed by atoms with Gasteiger partial charge in [-0.15, -0.1) is 10.2 Å². The standard InChI is InChI=1S/C11H8BrClFN3OS/c12-5-4-8-16-17-11(19-8)15-10(18)9-6(13)2-1-3-7(9)14/h1-3H,4-5H2,(H,15,17,18). The van der Waals surface area contributed by atoms with Crippen LogP contribution in [0.15, 0.2) is 18.2 Å². The van der Waals surface area contributed by atoms with Crippen molar-refractivity contribution in [2.24, 2.45) is 0 Å². The van der Waals surface area contributed by atoms with Crippen LogP contribution < -0.4 is 5.32 Å². The van der Waals surface area contributed by atoms with E-state index in [0.29, 0.717) is 11.6 Å². The fourth-order valence-corrected chi connectivity index (χ4v) is 2.98. The van der Waals surface area contributed by atoms with Crippen molar-refractivity contribution < 1.29 is 9.18 Å². The van der Waals surface area contributed by atoms with Crippen molar-refractivity contribution in [3.63, 3.8) is 0 Å². The largest absolute Gasteiger partial charge is 0.296 e. The molecule has 0 radical (unpaired) electrons. The van der Waals surface area contributed by atoms with Crippen molar-refractivity contribution in [1.29, 1.82) is 0 Å². The Hall–Kier alpha value is -1.05. The van der Waals surface area contributed by atoms with Crippen molar-refractivity contribution in [3.05, 3.63) is 39.6 Å². The molecule has 4 nitrogen and oxygen atoms in total. The van der Waals surface area contributed by atoms with Crippen molar-refractivity contribution in [2.75, 3.05) is 10.6 Å². The molecule has 8 heteroatoms. The molecule has 1 aromatic carbocycles. The minimum absolute atomic E-state index is 0.0581. The van der Waals surface area contributed by atoms with Crippen LogP contribution in [0.5, 0.6) is 0 Å². The Kier molecular flexibility index (Phi) is 4.84. The van der Waals surface area contributed by atoms with Crippen molar-refractivity contribution >= 4 is 49.9 Å². The van der Waals surface area contributed by atoms with E-state index in [-0.39, 0.29) is 10.6 Å². The first-order chi connectivity index (χ1) is 9.11. The lowest BCUT2D eigenvalue weighted by atomic mass is 10.2. The van der Waals surface area contributed by atoms with E-state index in [2.05, 4.69) is 31.4 Å². The lowest BCUT2D eigenvalue weighted by Gasteiger charge is -2.04. The van der Waals surface area contributed by atoms with E-state index in [4.69, 9.17) is 11.6 Å². The van der Waals surface area contributed by atoms with Gasteiger partial charge < -0.3 is 0 Å². The second-order valence-electron chi connectivity index (χ2n) is 3.49. The van der Waals surface area contributed by atoms with Crippen molar-refractivity contribution in [3.8, 4) is 0 Å². The van der Waals surface area contributed by atoms with Crippen LogP contribution in [0.1, 0.15) is 15.4 Å². The van der Waals surface area contributed by atoms with Crippen LogP contribution in [0.4, 0.5) is 9.52 Å². The Morgan fingerprint density at radius 1 is 1.47 bits per heavy atom. The number of alkyl halides is 1. The number of halogens is 3. The van der Waals surface area contributed by atoms with E-state index in [0.717, 1.165) is 10.3 Å². The SMILES string of the molecule is O=C(Nc1nnc(CCBr)s1)c1c(F)cccc1Cl. The average molecular weight is 365 g/mol. The molecule has 0 saturated heterocycles. The summed E-state index contributed by atoms with van der Waals surface area (Å²) in [5.41, 5.74) is -0.193. The van der Waals surface area contributed by atoms with Gasteiger partial charge >= 0.3 is 0 Å². The topological polar surface area (TPSA) is 54.9 Å². The smallest absolute Gasteiger partial charge is 0.261 e. The van der Waals surface area contributed by atoms with Crippen LogP contribution in [0, 0.1) is 5.82 Å². The molecule has 0 saturated carbocycles. The monoisotopic (exact) mass is 363 g/mol. The molecule has 0 aliphatic carbocycles. The summed E-state index contributed by atoms with van der Waals surface area (Å²) in [7, 11) is 0. The number of anilines is 1.